The number of nitrogens with two attached hydrogens (primary N) is 3. The van der Waals surface area contributed by atoms with E-state index in [2.05, 4.69) is 39.8 Å². The van der Waals surface area contributed by atoms with Gasteiger partial charge in [-0.25, -0.2) is 9.59 Å². The Balaban J connectivity index is -0.000000190. The van der Waals surface area contributed by atoms with Gasteiger partial charge in [-0.2, -0.15) is 0 Å². The van der Waals surface area contributed by atoms with Gasteiger partial charge in [0.05, 0.1) is 5.92 Å². The first-order chi connectivity index (χ1) is 21.8. The number of carbonyl (C=O) groups excluding carboxylic acids is 4. The summed E-state index contributed by atoms with van der Waals surface area (Å²) >= 11 is 0. The summed E-state index contributed by atoms with van der Waals surface area (Å²) in [6, 6.07) is 14.6. The molecule has 16 nitrogen and oxygen atoms in total. The van der Waals surface area contributed by atoms with Gasteiger partial charge in [-0.3, -0.25) is 19.2 Å². The molecule has 0 spiro atoms. The Morgan fingerprint density at radius 3 is 1.63 bits per heavy atom. The molecule has 2 aromatic carbocycles. The van der Waals surface area contributed by atoms with Crippen LogP contribution in [-0.4, -0.2) is 72.4 Å². The van der Waals surface area contributed by atoms with Crippen molar-refractivity contribution >= 4 is 36.4 Å². The van der Waals surface area contributed by atoms with Crippen LogP contribution in [0, 0.1) is 5.92 Å². The number of nitrogens with one attached hydrogen (secondary N) is 2. The Morgan fingerprint density at radius 1 is 0.878 bits per heavy atom. The van der Waals surface area contributed by atoms with E-state index < -0.39 is 30.0 Å². The number of hydrogen-bond acceptors (Lipinski definition) is 10. The van der Waals surface area contributed by atoms with E-state index in [9.17, 15) is 24.0 Å². The monoisotopic (exact) mass is 743 g/mol. The molecule has 264 valence electrons. The normalized spacial score (nSPS) is 11.1. The number of carboxylic acids is 2. The number of benzene rings is 2. The smallest absolute Gasteiger partial charge is 1.00 e. The standard InChI is InChI=1S/C16H14O2.C7H14N2O3.C6H13N3O3.CH2O3.CH4.2K.H/c1-11(17)18-10-16-14-8-4-2-6-12(14)13-7-3-5-9-15(13)16;1-5(6(10)11)3-2-4-9-7(8)12;7-4(5(10)11)2-1-3-9-6(8)12;2-1-4-3;;;;/h2-9,16H,10H2,1H3;5H,2-4H2,1H3,(H,10,11)(H3,8,9,12);4H,1-3,7H2,(H,10,11)(H3,8,9,12);1,3H;1H4;;;/q;;;;;2*+1;-1/p-1/t;5-;4-;;;;;/m.00...../s1. The number of aliphatic carboxylic acids is 2. The van der Waals surface area contributed by atoms with Crippen LogP contribution in [0.3, 0.4) is 0 Å². The van der Waals surface area contributed by atoms with Crippen molar-refractivity contribution in [2.24, 2.45) is 23.1 Å². The van der Waals surface area contributed by atoms with E-state index in [0.29, 0.717) is 45.4 Å². The van der Waals surface area contributed by atoms with Gasteiger partial charge in [-0.05, 0) is 47.9 Å². The number of hydrogen-bond donors (Lipinski definition) is 7. The Morgan fingerprint density at radius 2 is 1.29 bits per heavy atom. The molecule has 0 heterocycles. The molecule has 0 aromatic heterocycles. The molecule has 0 fully saturated rings. The molecule has 49 heavy (non-hydrogen) atoms. The molecular weight excluding hydrogens is 697 g/mol. The van der Waals surface area contributed by atoms with Crippen molar-refractivity contribution < 1.29 is 158 Å². The average Bonchev–Trinajstić information content (AvgIpc) is 3.34. The summed E-state index contributed by atoms with van der Waals surface area (Å²) in [5.41, 5.74) is 19.8. The number of esters is 1. The van der Waals surface area contributed by atoms with Gasteiger partial charge >= 0.3 is 133 Å². The summed E-state index contributed by atoms with van der Waals surface area (Å²) in [6.07, 6.45) is 2.03. The van der Waals surface area contributed by atoms with Gasteiger partial charge in [0, 0.05) is 25.9 Å². The van der Waals surface area contributed by atoms with Gasteiger partial charge in [0.15, 0.2) is 0 Å². The molecule has 0 bridgehead atoms. The Labute approximate surface area is 372 Å². The van der Waals surface area contributed by atoms with Crippen LogP contribution < -0.4 is 136 Å². The number of ether oxygens (including phenoxy) is 1. The maximum absolute atomic E-state index is 11.0. The second-order valence-electron chi connectivity index (χ2n) is 9.77. The number of carbonyl (C=O) groups is 6. The number of fused-ring (bicyclic) bond motifs is 3. The molecular formula is C31H47K2N5O11. The van der Waals surface area contributed by atoms with Crippen molar-refractivity contribution in [3.63, 3.8) is 0 Å². The predicted molar refractivity (Wildman–Crippen MR) is 171 cm³/mol. The number of primary amides is 2. The summed E-state index contributed by atoms with van der Waals surface area (Å²) in [4.78, 5) is 63.1. The van der Waals surface area contributed by atoms with Crippen LogP contribution in [0.4, 0.5) is 9.59 Å². The summed E-state index contributed by atoms with van der Waals surface area (Å²) in [7, 11) is 0. The van der Waals surface area contributed by atoms with E-state index in [4.69, 9.17) is 42.2 Å². The van der Waals surface area contributed by atoms with E-state index in [1.54, 1.807) is 6.92 Å². The van der Waals surface area contributed by atoms with E-state index in [1.165, 1.54) is 29.2 Å². The fraction of sp³-hybridized carbons (Fsp3) is 0.419. The van der Waals surface area contributed by atoms with Gasteiger partial charge < -0.3 is 54.4 Å². The fourth-order valence-electron chi connectivity index (χ4n) is 4.04. The molecule has 18 heteroatoms. The molecule has 1 aliphatic rings. The van der Waals surface area contributed by atoms with Crippen LogP contribution in [0.15, 0.2) is 48.5 Å². The van der Waals surface area contributed by atoms with Crippen LogP contribution in [0.25, 0.3) is 11.1 Å². The SMILES string of the molecule is C.CC(=O)OCC1c2ccccc2-c2ccccc21.C[C@@H](CCCNC(N)=O)C(=O)O.NC(=O)NCCC[C@H](N)C(=O)O.O=CO[O-].[H-].[K+].[K+]. The van der Waals surface area contributed by atoms with E-state index in [0.717, 1.165) is 0 Å². The van der Waals surface area contributed by atoms with Crippen molar-refractivity contribution in [2.45, 2.75) is 58.9 Å². The number of rotatable bonds is 13. The summed E-state index contributed by atoms with van der Waals surface area (Å²) in [5.74, 6) is -2.26. The molecule has 0 unspecified atom stereocenters. The van der Waals surface area contributed by atoms with Crippen molar-refractivity contribution in [1.82, 2.24) is 10.6 Å². The molecule has 2 atom stereocenters. The molecule has 0 saturated carbocycles. The average molecular weight is 744 g/mol. The minimum atomic E-state index is -1.03. The van der Waals surface area contributed by atoms with E-state index >= 15 is 0 Å². The van der Waals surface area contributed by atoms with Crippen LogP contribution in [0.2, 0.25) is 0 Å². The van der Waals surface area contributed by atoms with E-state index in [-0.39, 0.29) is 136 Å². The van der Waals surface area contributed by atoms with Gasteiger partial charge in [0.2, 0.25) is 0 Å². The third kappa shape index (κ3) is 24.8. The van der Waals surface area contributed by atoms with Gasteiger partial charge in [-0.1, -0.05) is 62.9 Å². The molecule has 1 aliphatic carbocycles. The largest absolute Gasteiger partial charge is 1.00 e. The zero-order chi connectivity index (χ0) is 35.1. The molecule has 2 aromatic rings. The molecule has 0 aliphatic heterocycles. The number of amides is 4. The first kappa shape index (κ1) is 53.8. The predicted octanol–water partition coefficient (Wildman–Crippen LogP) is -4.44. The zero-order valence-electron chi connectivity index (χ0n) is 28.7. The quantitative estimate of drug-likeness (QED) is 0.0256. The number of carboxylic acid groups (broad SMARTS) is 2. The van der Waals surface area contributed by atoms with Gasteiger partial charge in [0.25, 0.3) is 6.47 Å². The molecule has 0 radical (unpaired) electrons. The van der Waals surface area contributed by atoms with Crippen LogP contribution in [0.5, 0.6) is 0 Å². The number of urea groups is 2. The van der Waals surface area contributed by atoms with Gasteiger partial charge in [-0.15, -0.1) is 0 Å². The Bertz CT molecular complexity index is 1210. The molecule has 10 N–H and O–H groups in total. The Hall–Kier alpha value is -1.95. The first-order valence-electron chi connectivity index (χ1n) is 14.1. The topological polar surface area (TPSA) is 287 Å². The second-order valence-corrected chi connectivity index (χ2v) is 9.77. The van der Waals surface area contributed by atoms with Gasteiger partial charge in [0.1, 0.15) is 12.6 Å². The molecule has 0 saturated heterocycles. The third-order valence-electron chi connectivity index (χ3n) is 6.30. The maximum atomic E-state index is 11.0. The molecule has 4 amide bonds. The second kappa shape index (κ2) is 32.0. The fourth-order valence-corrected chi connectivity index (χ4v) is 4.04. The first-order valence-corrected chi connectivity index (χ1v) is 14.1. The zero-order valence-corrected chi connectivity index (χ0v) is 33.9. The summed E-state index contributed by atoms with van der Waals surface area (Å²) in [6.45, 7) is 4.12. The van der Waals surface area contributed by atoms with E-state index in [1.807, 2.05) is 24.3 Å². The van der Waals surface area contributed by atoms with Crippen LogP contribution >= 0.6 is 0 Å². The minimum absolute atomic E-state index is 0. The maximum Gasteiger partial charge on any atom is 1.00 e. The van der Waals surface area contributed by atoms with Crippen molar-refractivity contribution in [3.8, 4) is 11.1 Å². The Kier molecular flexibility index (Phi) is 35.2. The summed E-state index contributed by atoms with van der Waals surface area (Å²) in [5, 5.41) is 30.0. The van der Waals surface area contributed by atoms with Crippen molar-refractivity contribution in [1.29, 1.82) is 0 Å². The van der Waals surface area contributed by atoms with Crippen LogP contribution in [-0.2, 0) is 28.8 Å². The van der Waals surface area contributed by atoms with Crippen molar-refractivity contribution in [3.05, 3.63) is 59.7 Å². The third-order valence-corrected chi connectivity index (χ3v) is 6.30. The van der Waals surface area contributed by atoms with Crippen molar-refractivity contribution in [2.75, 3.05) is 19.7 Å². The van der Waals surface area contributed by atoms with Crippen LogP contribution in [0.1, 0.15) is 65.4 Å². The minimum Gasteiger partial charge on any atom is -1.00 e. The molecule has 3 rings (SSSR count). The summed E-state index contributed by atoms with van der Waals surface area (Å²) < 4.78 is 5.20.